The van der Waals surface area contributed by atoms with E-state index in [9.17, 15) is 0 Å². The number of methoxy groups -OCH3 is 1. The Kier molecular flexibility index (Phi) is 4.67. The lowest BCUT2D eigenvalue weighted by Crippen LogP contribution is -2.12. The van der Waals surface area contributed by atoms with Crippen molar-refractivity contribution >= 4 is 0 Å². The van der Waals surface area contributed by atoms with Gasteiger partial charge in [0.2, 0.25) is 0 Å². The molecule has 1 unspecified atom stereocenters. The van der Waals surface area contributed by atoms with E-state index in [1.807, 2.05) is 0 Å². The lowest BCUT2D eigenvalue weighted by atomic mass is 9.81. The monoisotopic (exact) mass is 169 g/mol. The molecule has 0 aromatic carbocycles. The van der Waals surface area contributed by atoms with Crippen LogP contribution in [0.1, 0.15) is 39.0 Å². The first-order chi connectivity index (χ1) is 5.83. The van der Waals surface area contributed by atoms with Crippen molar-refractivity contribution < 1.29 is 4.74 Å². The second-order valence-corrected chi connectivity index (χ2v) is 4.06. The van der Waals surface area contributed by atoms with Crippen molar-refractivity contribution in [2.45, 2.75) is 39.0 Å². The molecular weight excluding hydrogens is 148 g/mol. The molecule has 0 spiro atoms. The highest BCUT2D eigenvalue weighted by Gasteiger charge is 2.16. The van der Waals surface area contributed by atoms with E-state index >= 15 is 0 Å². The highest BCUT2D eigenvalue weighted by Crippen LogP contribution is 2.30. The van der Waals surface area contributed by atoms with Crippen molar-refractivity contribution in [2.75, 3.05) is 13.7 Å². The normalized spacial score (nSPS) is 20.5. The van der Waals surface area contributed by atoms with E-state index in [4.69, 9.17) is 4.74 Å². The Balaban J connectivity index is 1.86. The number of ether oxygens (including phenoxy) is 1. The molecule has 1 aliphatic rings. The second kappa shape index (κ2) is 5.58. The lowest BCUT2D eigenvalue weighted by molar-refractivity contribution is 0.155. The van der Waals surface area contributed by atoms with Gasteiger partial charge in [0, 0.05) is 13.7 Å². The first-order valence-corrected chi connectivity index (χ1v) is 5.15. The largest absolute Gasteiger partial charge is 0.384 e. The van der Waals surface area contributed by atoms with Gasteiger partial charge < -0.3 is 4.74 Å². The molecule has 0 aromatic heterocycles. The number of hydrogen-bond acceptors (Lipinski definition) is 1. The summed E-state index contributed by atoms with van der Waals surface area (Å²) in [5, 5.41) is 0. The SMILES string of the molecule is COCC(C)CC[CH]C1CCC1. The van der Waals surface area contributed by atoms with E-state index in [0.717, 1.165) is 18.4 Å². The minimum atomic E-state index is 0.728. The topological polar surface area (TPSA) is 9.23 Å². The summed E-state index contributed by atoms with van der Waals surface area (Å²) < 4.78 is 5.09. The molecule has 0 aromatic rings. The molecule has 0 saturated heterocycles. The Labute approximate surface area is 76.5 Å². The van der Waals surface area contributed by atoms with Crippen molar-refractivity contribution in [1.29, 1.82) is 0 Å². The van der Waals surface area contributed by atoms with Gasteiger partial charge in [-0.3, -0.25) is 0 Å². The maximum Gasteiger partial charge on any atom is 0.0487 e. The van der Waals surface area contributed by atoms with E-state index in [1.165, 1.54) is 32.1 Å². The van der Waals surface area contributed by atoms with Gasteiger partial charge in [-0.2, -0.15) is 0 Å². The van der Waals surface area contributed by atoms with Gasteiger partial charge in [0.25, 0.3) is 0 Å². The molecule has 1 aliphatic carbocycles. The van der Waals surface area contributed by atoms with E-state index in [-0.39, 0.29) is 0 Å². The van der Waals surface area contributed by atoms with Crippen molar-refractivity contribution in [2.24, 2.45) is 11.8 Å². The Morgan fingerprint density at radius 3 is 2.75 bits per heavy atom. The molecule has 0 aliphatic heterocycles. The van der Waals surface area contributed by atoms with Crippen LogP contribution in [-0.4, -0.2) is 13.7 Å². The summed E-state index contributed by atoms with van der Waals surface area (Å²) in [5.74, 6) is 1.69. The summed E-state index contributed by atoms with van der Waals surface area (Å²) in [5.41, 5.74) is 0. The maximum absolute atomic E-state index is 5.09. The fourth-order valence-electron chi connectivity index (χ4n) is 1.66. The van der Waals surface area contributed by atoms with Crippen molar-refractivity contribution in [3.8, 4) is 0 Å². The molecule has 1 radical (unpaired) electrons. The Hall–Kier alpha value is -0.0400. The molecule has 1 fully saturated rings. The molecule has 71 valence electrons. The van der Waals surface area contributed by atoms with Crippen LogP contribution in [-0.2, 0) is 4.74 Å². The predicted octanol–water partition coefficient (Wildman–Crippen LogP) is 3.05. The van der Waals surface area contributed by atoms with E-state index in [0.29, 0.717) is 0 Å². The zero-order valence-electron chi connectivity index (χ0n) is 8.38. The smallest absolute Gasteiger partial charge is 0.0487 e. The van der Waals surface area contributed by atoms with Gasteiger partial charge >= 0.3 is 0 Å². The van der Waals surface area contributed by atoms with Crippen LogP contribution in [0.3, 0.4) is 0 Å². The average Bonchev–Trinajstić information content (AvgIpc) is 1.95. The summed E-state index contributed by atoms with van der Waals surface area (Å²) in [7, 11) is 1.78. The molecule has 0 heterocycles. The molecule has 1 rings (SSSR count). The molecule has 12 heavy (non-hydrogen) atoms. The summed E-state index contributed by atoms with van der Waals surface area (Å²) in [6.07, 6.45) is 9.43. The van der Waals surface area contributed by atoms with Crippen LogP contribution in [0.2, 0.25) is 0 Å². The fraction of sp³-hybridized carbons (Fsp3) is 0.909. The summed E-state index contributed by atoms with van der Waals surface area (Å²) in [6.45, 7) is 3.18. The summed E-state index contributed by atoms with van der Waals surface area (Å²) in [6, 6.07) is 0. The van der Waals surface area contributed by atoms with E-state index in [1.54, 1.807) is 7.11 Å². The van der Waals surface area contributed by atoms with Gasteiger partial charge in [0.05, 0.1) is 0 Å². The van der Waals surface area contributed by atoms with Crippen molar-refractivity contribution in [3.63, 3.8) is 0 Å². The van der Waals surface area contributed by atoms with E-state index < -0.39 is 0 Å². The standard InChI is InChI=1S/C11H21O/c1-10(9-12-2)5-3-6-11-7-4-8-11/h6,10-11H,3-5,7-9H2,1-2H3. The van der Waals surface area contributed by atoms with Gasteiger partial charge in [-0.1, -0.05) is 26.2 Å². The first-order valence-electron chi connectivity index (χ1n) is 5.15. The fourth-order valence-corrected chi connectivity index (χ4v) is 1.66. The average molecular weight is 169 g/mol. The van der Waals surface area contributed by atoms with Crippen LogP contribution in [0.15, 0.2) is 0 Å². The third-order valence-corrected chi connectivity index (χ3v) is 2.76. The van der Waals surface area contributed by atoms with Crippen LogP contribution in [0.5, 0.6) is 0 Å². The summed E-state index contributed by atoms with van der Waals surface area (Å²) >= 11 is 0. The number of hydrogen-bond donors (Lipinski definition) is 0. The van der Waals surface area contributed by atoms with Gasteiger partial charge in [0.15, 0.2) is 0 Å². The maximum atomic E-state index is 5.09. The Morgan fingerprint density at radius 1 is 1.50 bits per heavy atom. The molecule has 1 heteroatoms. The van der Waals surface area contributed by atoms with Gasteiger partial charge in [-0.25, -0.2) is 0 Å². The minimum Gasteiger partial charge on any atom is -0.384 e. The third-order valence-electron chi connectivity index (χ3n) is 2.76. The lowest BCUT2D eigenvalue weighted by Gasteiger charge is -2.25. The molecular formula is C11H21O. The van der Waals surface area contributed by atoms with Gasteiger partial charge in [0.1, 0.15) is 0 Å². The van der Waals surface area contributed by atoms with Crippen LogP contribution in [0.4, 0.5) is 0 Å². The van der Waals surface area contributed by atoms with Crippen LogP contribution < -0.4 is 0 Å². The first kappa shape index (κ1) is 10.0. The van der Waals surface area contributed by atoms with Crippen molar-refractivity contribution in [1.82, 2.24) is 0 Å². The molecule has 0 bridgehead atoms. The quantitative estimate of drug-likeness (QED) is 0.594. The van der Waals surface area contributed by atoms with Crippen LogP contribution in [0.25, 0.3) is 0 Å². The predicted molar refractivity (Wildman–Crippen MR) is 51.9 cm³/mol. The third kappa shape index (κ3) is 3.57. The minimum absolute atomic E-state index is 0.728. The molecule has 0 N–H and O–H groups in total. The van der Waals surface area contributed by atoms with Gasteiger partial charge in [-0.05, 0) is 31.1 Å². The molecule has 0 amide bonds. The number of rotatable bonds is 6. The highest BCUT2D eigenvalue weighted by atomic mass is 16.5. The van der Waals surface area contributed by atoms with Crippen molar-refractivity contribution in [3.05, 3.63) is 6.42 Å². The van der Waals surface area contributed by atoms with Crippen LogP contribution >= 0.6 is 0 Å². The molecule has 1 saturated carbocycles. The summed E-state index contributed by atoms with van der Waals surface area (Å²) in [4.78, 5) is 0. The Morgan fingerprint density at radius 2 is 2.25 bits per heavy atom. The highest BCUT2D eigenvalue weighted by molar-refractivity contribution is 4.83. The second-order valence-electron chi connectivity index (χ2n) is 4.06. The molecule has 1 atom stereocenters. The Bertz CT molecular complexity index is 108. The zero-order valence-corrected chi connectivity index (χ0v) is 8.38. The van der Waals surface area contributed by atoms with Gasteiger partial charge in [-0.15, -0.1) is 0 Å². The molecule has 1 nitrogen and oxygen atoms in total. The zero-order chi connectivity index (χ0) is 8.81. The van der Waals surface area contributed by atoms with Crippen LogP contribution in [0, 0.1) is 18.3 Å². The van der Waals surface area contributed by atoms with E-state index in [2.05, 4.69) is 13.3 Å².